The van der Waals surface area contributed by atoms with Crippen molar-refractivity contribution in [3.63, 3.8) is 0 Å². The van der Waals surface area contributed by atoms with E-state index >= 15 is 0 Å². The van der Waals surface area contributed by atoms with Crippen molar-refractivity contribution in [1.82, 2.24) is 9.38 Å². The predicted molar refractivity (Wildman–Crippen MR) is 164 cm³/mol. The molecule has 0 saturated heterocycles. The minimum Gasteiger partial charge on any atom is -0.512 e. The van der Waals surface area contributed by atoms with Gasteiger partial charge in [-0.2, -0.15) is 0 Å². The van der Waals surface area contributed by atoms with Crippen LogP contribution in [0.1, 0.15) is 58.9 Å². The molecule has 4 nitrogen and oxygen atoms in total. The molecule has 0 saturated carbocycles. The normalized spacial score (nSPS) is 12.1. The van der Waals surface area contributed by atoms with Crippen molar-refractivity contribution in [1.29, 1.82) is 0 Å². The number of para-hydroxylation sites is 1. The molecule has 0 atom stereocenters. The van der Waals surface area contributed by atoms with Crippen molar-refractivity contribution in [3.05, 3.63) is 84.4 Å². The van der Waals surface area contributed by atoms with Crippen LogP contribution in [0, 0.1) is 25.0 Å². The Bertz CT molecular complexity index is 1810. The molecule has 5 heteroatoms. The molecule has 0 unspecified atom stereocenters. The Hall–Kier alpha value is -3.27. The van der Waals surface area contributed by atoms with Crippen molar-refractivity contribution in [2.24, 2.45) is 11.8 Å². The second kappa shape index (κ2) is 12.5. The number of ketones is 1. The summed E-state index contributed by atoms with van der Waals surface area (Å²) in [6.45, 7) is 10.2. The summed E-state index contributed by atoms with van der Waals surface area (Å²) in [4.78, 5) is 16.4. The number of hydrogen-bond donors (Lipinski definition) is 1. The van der Waals surface area contributed by atoms with Crippen LogP contribution in [0.5, 0.6) is 0 Å². The molecule has 3 aromatic carbocycles. The fourth-order valence-electron chi connectivity index (χ4n) is 5.95. The molecule has 1 radical (unpaired) electrons. The SMILES string of the molecule is CCC(CC)C(=O)/C=C(\O)C(CC)CC.Cc1[c-]n2c3nccc4c5ccccc5cc(c5cccc1c52)c43.[Ir]. The quantitative estimate of drug-likeness (QED) is 0.0591. The van der Waals surface area contributed by atoms with Gasteiger partial charge in [-0.1, -0.05) is 82.7 Å². The number of carbonyl (C=O) groups is 1. The van der Waals surface area contributed by atoms with Gasteiger partial charge in [0.1, 0.15) is 0 Å². The predicted octanol–water partition coefficient (Wildman–Crippen LogP) is 9.36. The Kier molecular flexibility index (Phi) is 9.28. The molecule has 209 valence electrons. The second-order valence-electron chi connectivity index (χ2n) is 10.5. The van der Waals surface area contributed by atoms with Crippen LogP contribution in [0.3, 0.4) is 0 Å². The van der Waals surface area contributed by atoms with Crippen molar-refractivity contribution in [2.45, 2.75) is 60.3 Å². The van der Waals surface area contributed by atoms with Crippen molar-refractivity contribution >= 4 is 54.7 Å². The van der Waals surface area contributed by atoms with Gasteiger partial charge in [-0.3, -0.25) is 9.78 Å². The third-order valence-corrected chi connectivity index (χ3v) is 8.28. The van der Waals surface area contributed by atoms with Crippen LogP contribution in [0.4, 0.5) is 0 Å². The Labute approximate surface area is 249 Å². The van der Waals surface area contributed by atoms with Gasteiger partial charge >= 0.3 is 0 Å². The monoisotopic (exact) mass is 710 g/mol. The van der Waals surface area contributed by atoms with Crippen molar-refractivity contribution in [3.8, 4) is 0 Å². The molecule has 0 bridgehead atoms. The summed E-state index contributed by atoms with van der Waals surface area (Å²) in [5, 5.41) is 18.6. The third kappa shape index (κ3) is 5.13. The van der Waals surface area contributed by atoms with E-state index in [9.17, 15) is 9.90 Å². The number of aliphatic hydroxyl groups excluding tert-OH is 1. The first-order chi connectivity index (χ1) is 18.9. The first-order valence-electron chi connectivity index (χ1n) is 14.2. The van der Waals surface area contributed by atoms with E-state index < -0.39 is 0 Å². The molecule has 0 fully saturated rings. The summed E-state index contributed by atoms with van der Waals surface area (Å²) in [6.07, 6.45) is 10.3. The number of fused-ring (bicyclic) bond motifs is 4. The Morgan fingerprint density at radius 1 is 0.875 bits per heavy atom. The summed E-state index contributed by atoms with van der Waals surface area (Å²) >= 11 is 0. The molecule has 3 aromatic heterocycles. The molecular formula is C35H37IrN2O2-. The van der Waals surface area contributed by atoms with E-state index in [1.807, 2.05) is 33.9 Å². The number of nitrogens with zero attached hydrogens (tertiary/aromatic N) is 2. The number of benzene rings is 3. The van der Waals surface area contributed by atoms with E-state index in [0.717, 1.165) is 31.3 Å². The molecule has 1 N–H and O–H groups in total. The largest absolute Gasteiger partial charge is 0.512 e. The second-order valence-corrected chi connectivity index (χ2v) is 10.5. The minimum atomic E-state index is 0. The van der Waals surface area contributed by atoms with E-state index in [1.54, 1.807) is 0 Å². The Morgan fingerprint density at radius 2 is 1.52 bits per heavy atom. The molecule has 0 aliphatic rings. The van der Waals surface area contributed by atoms with E-state index in [1.165, 1.54) is 54.9 Å². The number of aromatic nitrogens is 2. The molecule has 0 spiro atoms. The Morgan fingerprint density at radius 3 is 2.23 bits per heavy atom. The van der Waals surface area contributed by atoms with Crippen LogP contribution in [0.15, 0.2) is 72.6 Å². The van der Waals surface area contributed by atoms with E-state index in [-0.39, 0.29) is 43.5 Å². The maximum absolute atomic E-state index is 11.7. The van der Waals surface area contributed by atoms with Crippen LogP contribution >= 0.6 is 0 Å². The first kappa shape index (κ1) is 29.7. The standard InChI is InChI=1S/C22H13N2.C13H24O2.Ir/c1-13-12-24-21-15(13)7-4-8-18(21)19-11-14-5-2-3-6-16(14)17-9-10-23-22(24)20(17)19;1-5-10(6-2)12(14)9-13(15)11(7-3)8-4;/h2-11H,1H3;9-11,14H,5-8H2,1-4H3;/q-1;;/b;12-9-;. The van der Waals surface area contributed by atoms with Gasteiger partial charge in [0.15, 0.2) is 5.78 Å². The summed E-state index contributed by atoms with van der Waals surface area (Å²) in [6, 6.07) is 19.6. The summed E-state index contributed by atoms with van der Waals surface area (Å²) in [7, 11) is 0. The zero-order valence-corrected chi connectivity index (χ0v) is 26.3. The fourth-order valence-corrected chi connectivity index (χ4v) is 5.95. The van der Waals surface area contributed by atoms with E-state index in [4.69, 9.17) is 4.98 Å². The molecule has 0 aliphatic carbocycles. The number of allylic oxidation sites excluding steroid dienone is 2. The maximum atomic E-state index is 11.7. The number of carbonyl (C=O) groups excluding carboxylic acids is 1. The molecule has 6 rings (SSSR count). The van der Waals surface area contributed by atoms with Crippen LogP contribution in [0.25, 0.3) is 48.9 Å². The van der Waals surface area contributed by atoms with Gasteiger partial charge < -0.3 is 9.51 Å². The smallest absolute Gasteiger partial charge is 0.162 e. The number of aliphatic hydroxyl groups is 1. The summed E-state index contributed by atoms with van der Waals surface area (Å²) in [5.41, 5.74) is 3.38. The summed E-state index contributed by atoms with van der Waals surface area (Å²) < 4.78 is 2.14. The molecule has 0 amide bonds. The zero-order chi connectivity index (χ0) is 27.7. The number of hydrogen-bond acceptors (Lipinski definition) is 3. The van der Waals surface area contributed by atoms with Gasteiger partial charge in [-0.15, -0.1) is 17.0 Å². The third-order valence-electron chi connectivity index (χ3n) is 8.28. The maximum Gasteiger partial charge on any atom is 0.162 e. The summed E-state index contributed by atoms with van der Waals surface area (Å²) in [5.74, 6) is 0.547. The molecular weight excluding hydrogens is 673 g/mol. The van der Waals surface area contributed by atoms with Gasteiger partial charge in [-0.05, 0) is 70.1 Å². The molecule has 6 aromatic rings. The van der Waals surface area contributed by atoms with E-state index in [0.29, 0.717) is 0 Å². The van der Waals surface area contributed by atoms with Gasteiger partial charge in [-0.25, -0.2) is 0 Å². The van der Waals surface area contributed by atoms with Gasteiger partial charge in [0, 0.05) is 44.2 Å². The van der Waals surface area contributed by atoms with Gasteiger partial charge in [0.2, 0.25) is 0 Å². The number of pyridine rings is 2. The van der Waals surface area contributed by atoms with Crippen molar-refractivity contribution in [2.75, 3.05) is 0 Å². The zero-order valence-electron chi connectivity index (χ0n) is 23.9. The number of aryl methyl sites for hydroxylation is 1. The topological polar surface area (TPSA) is 54.6 Å². The van der Waals surface area contributed by atoms with Crippen LogP contribution in [-0.2, 0) is 24.9 Å². The van der Waals surface area contributed by atoms with E-state index in [2.05, 4.69) is 72.1 Å². The van der Waals surface area contributed by atoms with Crippen molar-refractivity contribution < 1.29 is 30.0 Å². The average molecular weight is 710 g/mol. The minimum absolute atomic E-state index is 0. The fraction of sp³-hybridized carbons (Fsp3) is 0.314. The van der Waals surface area contributed by atoms with Crippen LogP contribution in [0.2, 0.25) is 0 Å². The average Bonchev–Trinajstić information content (AvgIpc) is 3.30. The van der Waals surface area contributed by atoms with Crippen LogP contribution < -0.4 is 0 Å². The molecule has 0 aliphatic heterocycles. The van der Waals surface area contributed by atoms with Gasteiger partial charge in [0.05, 0.1) is 11.4 Å². The Balaban J connectivity index is 0.000000204. The molecule has 3 heterocycles. The number of rotatable bonds is 7. The van der Waals surface area contributed by atoms with Gasteiger partial charge in [0.25, 0.3) is 0 Å². The molecule has 40 heavy (non-hydrogen) atoms. The first-order valence-corrected chi connectivity index (χ1v) is 14.2. The van der Waals surface area contributed by atoms with Crippen LogP contribution in [-0.4, -0.2) is 20.3 Å².